The summed E-state index contributed by atoms with van der Waals surface area (Å²) in [5.74, 6) is -0.409. The van der Waals surface area contributed by atoms with E-state index in [4.69, 9.17) is 11.6 Å². The maximum atomic E-state index is 11.8. The van der Waals surface area contributed by atoms with Crippen LogP contribution in [0.4, 0.5) is 4.79 Å². The molecule has 0 unspecified atom stereocenters. The fraction of sp³-hybridized carbons (Fsp3) is 0.357. The van der Waals surface area contributed by atoms with E-state index < -0.39 is 11.9 Å². The van der Waals surface area contributed by atoms with Gasteiger partial charge in [-0.15, -0.1) is 5.10 Å². The highest BCUT2D eigenvalue weighted by atomic mass is 35.5. The zero-order valence-electron chi connectivity index (χ0n) is 13.2. The lowest BCUT2D eigenvalue weighted by molar-refractivity contribution is -0.117. The number of aromatic nitrogens is 4. The minimum absolute atomic E-state index is 0.00246. The van der Waals surface area contributed by atoms with Crippen molar-refractivity contribution < 1.29 is 9.59 Å². The monoisotopic (exact) mass is 368 g/mol. The molecule has 0 aliphatic heterocycles. The Labute approximate surface area is 148 Å². The smallest absolute Gasteiger partial charge is 0.321 e. The maximum Gasteiger partial charge on any atom is 0.321 e. The van der Waals surface area contributed by atoms with E-state index in [1.165, 1.54) is 4.68 Å². The van der Waals surface area contributed by atoms with Gasteiger partial charge in [-0.2, -0.15) is 4.68 Å². The van der Waals surface area contributed by atoms with Crippen molar-refractivity contribution in [3.05, 3.63) is 29.3 Å². The zero-order chi connectivity index (χ0) is 17.5. The van der Waals surface area contributed by atoms with Crippen LogP contribution < -0.4 is 10.6 Å². The third-order valence-electron chi connectivity index (χ3n) is 3.09. The summed E-state index contributed by atoms with van der Waals surface area (Å²) in [6.07, 6.45) is 0.784. The minimum atomic E-state index is -0.507. The molecular weight excluding hydrogens is 352 g/mol. The Hall–Kier alpha value is -2.13. The summed E-state index contributed by atoms with van der Waals surface area (Å²) in [4.78, 5) is 23.4. The van der Waals surface area contributed by atoms with Crippen molar-refractivity contribution in [3.8, 4) is 5.69 Å². The van der Waals surface area contributed by atoms with Crippen LogP contribution in [-0.2, 0) is 4.79 Å². The Balaban J connectivity index is 1.91. The lowest BCUT2D eigenvalue weighted by atomic mass is 10.3. The van der Waals surface area contributed by atoms with Gasteiger partial charge in [-0.05, 0) is 48.0 Å². The number of urea groups is 1. The highest BCUT2D eigenvalue weighted by molar-refractivity contribution is 7.99. The summed E-state index contributed by atoms with van der Waals surface area (Å²) in [7, 11) is 0. The molecule has 1 aromatic heterocycles. The molecule has 1 aromatic carbocycles. The molecule has 0 fully saturated rings. The third kappa shape index (κ3) is 5.20. The number of nitrogens with one attached hydrogen (secondary N) is 2. The van der Waals surface area contributed by atoms with E-state index >= 15 is 0 Å². The van der Waals surface area contributed by atoms with E-state index in [0.717, 1.165) is 23.9 Å². The number of hydrogen-bond acceptors (Lipinski definition) is 6. The Morgan fingerprint density at radius 2 is 2.04 bits per heavy atom. The number of benzene rings is 1. The first-order valence-electron chi connectivity index (χ1n) is 7.27. The van der Waals surface area contributed by atoms with Crippen LogP contribution in [0.25, 0.3) is 5.69 Å². The quantitative estimate of drug-likeness (QED) is 0.756. The molecule has 10 heteroatoms. The van der Waals surface area contributed by atoms with Gasteiger partial charge in [0, 0.05) is 11.1 Å². The number of carbonyl (C=O) groups is 2. The van der Waals surface area contributed by atoms with Gasteiger partial charge in [-0.1, -0.05) is 30.3 Å². The van der Waals surface area contributed by atoms with Crippen LogP contribution in [0.15, 0.2) is 29.4 Å². The second-order valence-corrected chi connectivity index (χ2v) is 6.35. The van der Waals surface area contributed by atoms with Gasteiger partial charge in [0.25, 0.3) is 0 Å². The van der Waals surface area contributed by atoms with Crippen LogP contribution in [0.3, 0.4) is 0 Å². The maximum absolute atomic E-state index is 11.8. The molecule has 1 heterocycles. The molecule has 0 radical (unpaired) electrons. The number of tetrazole rings is 1. The summed E-state index contributed by atoms with van der Waals surface area (Å²) in [6.45, 7) is 3.80. The summed E-state index contributed by atoms with van der Waals surface area (Å²) >= 11 is 6.98. The number of rotatable bonds is 6. The first-order chi connectivity index (χ1) is 11.5. The number of amides is 3. The topological polar surface area (TPSA) is 102 Å². The molecule has 0 aliphatic carbocycles. The van der Waals surface area contributed by atoms with Crippen LogP contribution >= 0.6 is 23.4 Å². The van der Waals surface area contributed by atoms with Gasteiger partial charge in [0.05, 0.1) is 11.4 Å². The lowest BCUT2D eigenvalue weighted by Gasteiger charge is -2.11. The minimum Gasteiger partial charge on any atom is -0.335 e. The fourth-order valence-electron chi connectivity index (χ4n) is 1.67. The molecule has 24 heavy (non-hydrogen) atoms. The normalized spacial score (nSPS) is 11.8. The summed E-state index contributed by atoms with van der Waals surface area (Å²) in [5, 5.41) is 17.3. The molecule has 128 valence electrons. The SMILES string of the molecule is CC[C@@H](C)NC(=O)NC(=O)CSc1nnnn1-c1ccc(Cl)cc1. The largest absolute Gasteiger partial charge is 0.335 e. The van der Waals surface area contributed by atoms with Gasteiger partial charge in [-0.25, -0.2) is 4.79 Å². The average Bonchev–Trinajstić information content (AvgIpc) is 3.02. The summed E-state index contributed by atoms with van der Waals surface area (Å²) < 4.78 is 1.49. The van der Waals surface area contributed by atoms with Crippen LogP contribution in [0.2, 0.25) is 5.02 Å². The second-order valence-electron chi connectivity index (χ2n) is 4.97. The molecule has 2 rings (SSSR count). The molecule has 2 aromatic rings. The van der Waals surface area contributed by atoms with Gasteiger partial charge in [0.1, 0.15) is 0 Å². The highest BCUT2D eigenvalue weighted by Gasteiger charge is 2.14. The molecule has 0 saturated heterocycles. The van der Waals surface area contributed by atoms with Gasteiger partial charge >= 0.3 is 6.03 Å². The van der Waals surface area contributed by atoms with Gasteiger partial charge < -0.3 is 5.32 Å². The predicted octanol–water partition coefficient (Wildman–Crippen LogP) is 2.03. The molecule has 3 amide bonds. The summed E-state index contributed by atoms with van der Waals surface area (Å²) in [5.41, 5.74) is 0.724. The Morgan fingerprint density at radius 1 is 1.33 bits per heavy atom. The Bertz CT molecular complexity index is 706. The van der Waals surface area contributed by atoms with Crippen molar-refractivity contribution >= 4 is 35.3 Å². The number of halogens is 1. The Morgan fingerprint density at radius 3 is 2.71 bits per heavy atom. The number of imide groups is 1. The molecule has 0 aliphatic rings. The van der Waals surface area contributed by atoms with E-state index in [2.05, 4.69) is 26.2 Å². The molecule has 0 spiro atoms. The summed E-state index contributed by atoms with van der Waals surface area (Å²) in [6, 6.07) is 6.47. The van der Waals surface area contributed by atoms with Crippen molar-refractivity contribution in [2.24, 2.45) is 0 Å². The van der Waals surface area contributed by atoms with Crippen molar-refractivity contribution in [1.29, 1.82) is 0 Å². The average molecular weight is 369 g/mol. The van der Waals surface area contributed by atoms with Crippen LogP contribution in [-0.4, -0.2) is 43.9 Å². The second kappa shape index (κ2) is 8.65. The van der Waals surface area contributed by atoms with Crippen molar-refractivity contribution in [1.82, 2.24) is 30.8 Å². The van der Waals surface area contributed by atoms with Crippen LogP contribution in [0, 0.1) is 0 Å². The molecule has 8 nitrogen and oxygen atoms in total. The Kier molecular flexibility index (Phi) is 6.56. The van der Waals surface area contributed by atoms with Crippen molar-refractivity contribution in [2.45, 2.75) is 31.5 Å². The van der Waals surface area contributed by atoms with Crippen LogP contribution in [0.5, 0.6) is 0 Å². The standard InChI is InChI=1S/C14H17ClN6O2S/c1-3-9(2)16-13(23)17-12(22)8-24-14-18-19-20-21(14)11-6-4-10(15)5-7-11/h4-7,9H,3,8H2,1-2H3,(H2,16,17,22,23)/t9-/m1/s1. The van der Waals surface area contributed by atoms with Crippen molar-refractivity contribution in [3.63, 3.8) is 0 Å². The first-order valence-corrected chi connectivity index (χ1v) is 8.63. The fourth-order valence-corrected chi connectivity index (χ4v) is 2.48. The van der Waals surface area contributed by atoms with Gasteiger partial charge in [0.15, 0.2) is 0 Å². The van der Waals surface area contributed by atoms with Crippen LogP contribution in [0.1, 0.15) is 20.3 Å². The number of carbonyl (C=O) groups excluding carboxylic acids is 2. The first kappa shape index (κ1) is 18.2. The van der Waals surface area contributed by atoms with Gasteiger partial charge in [-0.3, -0.25) is 10.1 Å². The molecule has 1 atom stereocenters. The lowest BCUT2D eigenvalue weighted by Crippen LogP contribution is -2.43. The number of nitrogens with zero attached hydrogens (tertiary/aromatic N) is 4. The van der Waals surface area contributed by atoms with E-state index in [-0.39, 0.29) is 11.8 Å². The van der Waals surface area contributed by atoms with E-state index in [1.54, 1.807) is 24.3 Å². The van der Waals surface area contributed by atoms with E-state index in [9.17, 15) is 9.59 Å². The van der Waals surface area contributed by atoms with E-state index in [1.807, 2.05) is 13.8 Å². The molecule has 0 bridgehead atoms. The van der Waals surface area contributed by atoms with Gasteiger partial charge in [0.2, 0.25) is 11.1 Å². The molecular formula is C14H17ClN6O2S. The number of hydrogen-bond donors (Lipinski definition) is 2. The predicted molar refractivity (Wildman–Crippen MR) is 91.3 cm³/mol. The molecule has 0 saturated carbocycles. The third-order valence-corrected chi connectivity index (χ3v) is 4.26. The van der Waals surface area contributed by atoms with Crippen molar-refractivity contribution in [2.75, 3.05) is 5.75 Å². The van der Waals surface area contributed by atoms with E-state index in [0.29, 0.717) is 10.2 Å². The zero-order valence-corrected chi connectivity index (χ0v) is 14.8. The highest BCUT2D eigenvalue weighted by Crippen LogP contribution is 2.19. The number of thioether (sulfide) groups is 1. The molecule has 2 N–H and O–H groups in total.